The second kappa shape index (κ2) is 7.23. The number of carboxylic acids is 1. The van der Waals surface area contributed by atoms with Crippen molar-refractivity contribution in [1.82, 2.24) is 0 Å². The number of halogens is 1. The van der Waals surface area contributed by atoms with Crippen LogP contribution >= 0.6 is 0 Å². The number of carbonyl (C=O) groups excluding carboxylic acids is 1. The Morgan fingerprint density at radius 2 is 1.91 bits per heavy atom. The molecule has 0 atom stereocenters. The molecular formula is C18H13FO4. The van der Waals surface area contributed by atoms with Crippen LogP contribution in [0, 0.1) is 11.8 Å². The Morgan fingerprint density at radius 3 is 2.57 bits per heavy atom. The Bertz CT molecular complexity index is 815. The van der Waals surface area contributed by atoms with Crippen LogP contribution in [0.4, 0.5) is 4.39 Å². The molecule has 0 aliphatic rings. The lowest BCUT2D eigenvalue weighted by Crippen LogP contribution is -2.05. The molecule has 23 heavy (non-hydrogen) atoms. The molecule has 0 heterocycles. The summed E-state index contributed by atoms with van der Waals surface area (Å²) in [7, 11) is 1.24. The van der Waals surface area contributed by atoms with E-state index in [-0.39, 0.29) is 5.56 Å². The van der Waals surface area contributed by atoms with Crippen molar-refractivity contribution in [2.24, 2.45) is 0 Å². The van der Waals surface area contributed by atoms with Crippen molar-refractivity contribution in [2.45, 2.75) is 6.67 Å². The number of esters is 1. The third-order valence-electron chi connectivity index (χ3n) is 3.19. The Morgan fingerprint density at radius 1 is 1.17 bits per heavy atom. The number of benzene rings is 2. The summed E-state index contributed by atoms with van der Waals surface area (Å²) >= 11 is 0. The third-order valence-corrected chi connectivity index (χ3v) is 3.19. The maximum Gasteiger partial charge on any atom is 0.382 e. The van der Waals surface area contributed by atoms with E-state index in [1.165, 1.54) is 13.2 Å². The highest BCUT2D eigenvalue weighted by molar-refractivity contribution is 5.98. The number of hydrogen-bond acceptors (Lipinski definition) is 3. The molecule has 0 saturated carbocycles. The Balaban J connectivity index is 2.62. The first-order chi connectivity index (χ1) is 11.1. The number of methoxy groups -OCH3 is 1. The zero-order valence-electron chi connectivity index (χ0n) is 12.3. The van der Waals surface area contributed by atoms with Crippen LogP contribution in [-0.2, 0) is 16.2 Å². The summed E-state index contributed by atoms with van der Waals surface area (Å²) in [6, 6.07) is 11.4. The van der Waals surface area contributed by atoms with Crippen molar-refractivity contribution in [3.63, 3.8) is 0 Å². The molecule has 0 amide bonds. The highest BCUT2D eigenvalue weighted by Crippen LogP contribution is 2.29. The van der Waals surface area contributed by atoms with Gasteiger partial charge in [0, 0.05) is 11.5 Å². The first-order valence-electron chi connectivity index (χ1n) is 6.68. The number of rotatable bonds is 3. The van der Waals surface area contributed by atoms with E-state index in [4.69, 9.17) is 9.84 Å². The summed E-state index contributed by atoms with van der Waals surface area (Å²) in [6.45, 7) is -0.669. The maximum atomic E-state index is 13.2. The molecule has 0 fully saturated rings. The predicted octanol–water partition coefficient (Wildman–Crippen LogP) is 3.05. The van der Waals surface area contributed by atoms with Crippen molar-refractivity contribution >= 4 is 11.9 Å². The van der Waals surface area contributed by atoms with E-state index in [1.807, 2.05) is 5.92 Å². The van der Waals surface area contributed by atoms with Gasteiger partial charge in [-0.2, -0.15) is 0 Å². The quantitative estimate of drug-likeness (QED) is 0.699. The topological polar surface area (TPSA) is 63.6 Å². The Kier molecular flexibility index (Phi) is 5.11. The van der Waals surface area contributed by atoms with Crippen LogP contribution in [0.15, 0.2) is 42.5 Å². The molecule has 2 rings (SSSR count). The largest absolute Gasteiger partial charge is 0.472 e. The van der Waals surface area contributed by atoms with Gasteiger partial charge in [-0.25, -0.2) is 14.0 Å². The Labute approximate surface area is 132 Å². The summed E-state index contributed by atoms with van der Waals surface area (Å²) in [6.07, 6.45) is 0. The van der Waals surface area contributed by atoms with Crippen LogP contribution in [0.3, 0.4) is 0 Å². The SMILES string of the molecule is COC(=O)c1cc(C#CC(=O)O)ccc1-c1ccccc1CF. The van der Waals surface area contributed by atoms with Gasteiger partial charge in [0.05, 0.1) is 12.7 Å². The third kappa shape index (κ3) is 3.74. The molecule has 1 N–H and O–H groups in total. The number of hydrogen-bond donors (Lipinski definition) is 1. The van der Waals surface area contributed by atoms with Crippen molar-refractivity contribution in [3.8, 4) is 23.0 Å². The van der Waals surface area contributed by atoms with E-state index in [2.05, 4.69) is 5.92 Å². The van der Waals surface area contributed by atoms with Gasteiger partial charge in [-0.3, -0.25) is 0 Å². The molecule has 2 aromatic rings. The van der Waals surface area contributed by atoms with Crippen molar-refractivity contribution in [2.75, 3.05) is 7.11 Å². The molecule has 5 heteroatoms. The van der Waals surface area contributed by atoms with Crippen LogP contribution in [0.1, 0.15) is 21.5 Å². The molecule has 0 aliphatic carbocycles. The van der Waals surface area contributed by atoms with Crippen LogP contribution in [0.5, 0.6) is 0 Å². The average molecular weight is 312 g/mol. The van der Waals surface area contributed by atoms with Gasteiger partial charge in [0.25, 0.3) is 0 Å². The molecule has 0 radical (unpaired) electrons. The molecule has 4 nitrogen and oxygen atoms in total. The molecule has 0 saturated heterocycles. The lowest BCUT2D eigenvalue weighted by atomic mass is 9.94. The summed E-state index contributed by atoms with van der Waals surface area (Å²) in [5.74, 6) is 2.55. The van der Waals surface area contributed by atoms with Gasteiger partial charge in [-0.05, 0) is 28.8 Å². The molecule has 116 valence electrons. The van der Waals surface area contributed by atoms with Gasteiger partial charge in [0.2, 0.25) is 0 Å². The minimum Gasteiger partial charge on any atom is -0.472 e. The molecular weight excluding hydrogens is 299 g/mol. The zero-order chi connectivity index (χ0) is 16.8. The zero-order valence-corrected chi connectivity index (χ0v) is 12.3. The van der Waals surface area contributed by atoms with Crippen LogP contribution < -0.4 is 0 Å². The fourth-order valence-electron chi connectivity index (χ4n) is 2.16. The maximum absolute atomic E-state index is 13.2. The van der Waals surface area contributed by atoms with Gasteiger partial charge < -0.3 is 9.84 Å². The molecule has 0 spiro atoms. The summed E-state index contributed by atoms with van der Waals surface area (Å²) in [5.41, 5.74) is 2.08. The minimum absolute atomic E-state index is 0.200. The van der Waals surface area contributed by atoms with Crippen molar-refractivity contribution in [3.05, 3.63) is 59.2 Å². The number of carbonyl (C=O) groups is 2. The molecule has 2 aromatic carbocycles. The molecule has 0 unspecified atom stereocenters. The highest BCUT2D eigenvalue weighted by Gasteiger charge is 2.16. The van der Waals surface area contributed by atoms with E-state index >= 15 is 0 Å². The predicted molar refractivity (Wildman–Crippen MR) is 82.5 cm³/mol. The van der Waals surface area contributed by atoms with Crippen LogP contribution in [-0.4, -0.2) is 24.2 Å². The average Bonchev–Trinajstić information content (AvgIpc) is 2.59. The fourth-order valence-corrected chi connectivity index (χ4v) is 2.16. The lowest BCUT2D eigenvalue weighted by Gasteiger charge is -2.11. The normalized spacial score (nSPS) is 9.65. The van der Waals surface area contributed by atoms with Crippen LogP contribution in [0.25, 0.3) is 11.1 Å². The Hall–Kier alpha value is -3.13. The van der Waals surface area contributed by atoms with Gasteiger partial charge in [-0.15, -0.1) is 0 Å². The van der Waals surface area contributed by atoms with E-state index in [0.29, 0.717) is 22.3 Å². The van der Waals surface area contributed by atoms with Gasteiger partial charge in [0.15, 0.2) is 0 Å². The fraction of sp³-hybridized carbons (Fsp3) is 0.111. The summed E-state index contributed by atoms with van der Waals surface area (Å²) < 4.78 is 17.9. The molecule has 0 aliphatic heterocycles. The van der Waals surface area contributed by atoms with Crippen LogP contribution in [0.2, 0.25) is 0 Å². The monoisotopic (exact) mass is 312 g/mol. The number of ether oxygens (including phenoxy) is 1. The van der Waals surface area contributed by atoms with Crippen molar-refractivity contribution < 1.29 is 23.8 Å². The van der Waals surface area contributed by atoms with Crippen molar-refractivity contribution in [1.29, 1.82) is 0 Å². The highest BCUT2D eigenvalue weighted by atomic mass is 19.1. The second-order valence-corrected chi connectivity index (χ2v) is 4.60. The standard InChI is InChI=1S/C18H13FO4/c1-23-18(22)16-10-12(7-9-17(20)21)6-8-15(16)14-5-3-2-4-13(14)11-19/h2-6,8,10H,11H2,1H3,(H,20,21). The summed E-state index contributed by atoms with van der Waals surface area (Å²) in [4.78, 5) is 22.5. The van der Waals surface area contributed by atoms with Gasteiger partial charge in [0.1, 0.15) is 6.67 Å². The molecule has 0 bridgehead atoms. The first-order valence-corrected chi connectivity index (χ1v) is 6.68. The van der Waals surface area contributed by atoms with E-state index in [1.54, 1.807) is 36.4 Å². The summed E-state index contributed by atoms with van der Waals surface area (Å²) in [5, 5.41) is 8.59. The van der Waals surface area contributed by atoms with E-state index < -0.39 is 18.6 Å². The molecule has 0 aromatic heterocycles. The van der Waals surface area contributed by atoms with Gasteiger partial charge in [-0.1, -0.05) is 36.3 Å². The first kappa shape index (κ1) is 16.2. The second-order valence-electron chi connectivity index (χ2n) is 4.60. The smallest absolute Gasteiger partial charge is 0.382 e. The number of carboxylic acid groups (broad SMARTS) is 1. The van der Waals surface area contributed by atoms with E-state index in [9.17, 15) is 14.0 Å². The number of alkyl halides is 1. The van der Waals surface area contributed by atoms with Gasteiger partial charge >= 0.3 is 11.9 Å². The van der Waals surface area contributed by atoms with E-state index in [0.717, 1.165) is 0 Å². The minimum atomic E-state index is -1.27. The number of aliphatic carboxylic acids is 1. The lowest BCUT2D eigenvalue weighted by molar-refractivity contribution is -0.130.